The van der Waals surface area contributed by atoms with Gasteiger partial charge in [0.2, 0.25) is 0 Å². The van der Waals surface area contributed by atoms with E-state index in [9.17, 15) is 5.11 Å². The van der Waals surface area contributed by atoms with Gasteiger partial charge in [-0.25, -0.2) is 0 Å². The molecule has 86 valence electrons. The van der Waals surface area contributed by atoms with Gasteiger partial charge in [-0.1, -0.05) is 0 Å². The van der Waals surface area contributed by atoms with Gasteiger partial charge in [-0.2, -0.15) is 0 Å². The first-order valence-corrected chi connectivity index (χ1v) is 5.81. The summed E-state index contributed by atoms with van der Waals surface area (Å²) in [7, 11) is 0. The zero-order chi connectivity index (χ0) is 11.3. The summed E-state index contributed by atoms with van der Waals surface area (Å²) in [5, 5.41) is 9.24. The minimum atomic E-state index is -0.168. The smallest absolute Gasteiger partial charge is 0.0512 e. The zero-order valence-corrected chi connectivity index (χ0v) is 10.6. The molecule has 2 atom stereocenters. The molecule has 0 heterocycles. The van der Waals surface area contributed by atoms with Crippen molar-refractivity contribution in [2.45, 2.75) is 78.6 Å². The molecule has 0 rings (SSSR count). The van der Waals surface area contributed by atoms with Crippen LogP contribution in [0.2, 0.25) is 0 Å². The Labute approximate surface area is 89.3 Å². The van der Waals surface area contributed by atoms with Gasteiger partial charge in [0.1, 0.15) is 0 Å². The molecule has 1 N–H and O–H groups in total. The van der Waals surface area contributed by atoms with Crippen LogP contribution in [-0.4, -0.2) is 34.2 Å². The molecule has 2 unspecified atom stereocenters. The monoisotopic (exact) mass is 201 g/mol. The van der Waals surface area contributed by atoms with Crippen LogP contribution in [-0.2, 0) is 0 Å². The molecule has 14 heavy (non-hydrogen) atoms. The minimum absolute atomic E-state index is 0.168. The van der Waals surface area contributed by atoms with Gasteiger partial charge in [0.25, 0.3) is 0 Å². The SMILES string of the molecule is CC(O)CCC(C)N(C(C)C)C(C)C. The second-order valence-electron chi connectivity index (χ2n) is 4.91. The number of aliphatic hydroxyl groups excluding tert-OH is 1. The normalized spacial score (nSPS) is 16.7. The van der Waals surface area contributed by atoms with Crippen molar-refractivity contribution in [2.75, 3.05) is 0 Å². The van der Waals surface area contributed by atoms with E-state index in [0.29, 0.717) is 18.1 Å². The van der Waals surface area contributed by atoms with Crippen molar-refractivity contribution < 1.29 is 5.11 Å². The average Bonchev–Trinajstić information content (AvgIpc) is 1.99. The highest BCUT2D eigenvalue weighted by Crippen LogP contribution is 2.15. The van der Waals surface area contributed by atoms with E-state index in [2.05, 4.69) is 39.5 Å². The Hall–Kier alpha value is -0.0800. The van der Waals surface area contributed by atoms with Crippen LogP contribution in [0.1, 0.15) is 54.4 Å². The molecular formula is C12H27NO. The molecule has 0 amide bonds. The maximum Gasteiger partial charge on any atom is 0.0512 e. The lowest BCUT2D eigenvalue weighted by atomic mass is 10.1. The third-order valence-electron chi connectivity index (χ3n) is 2.70. The maximum absolute atomic E-state index is 9.24. The first kappa shape index (κ1) is 13.9. The van der Waals surface area contributed by atoms with Gasteiger partial charge >= 0.3 is 0 Å². The van der Waals surface area contributed by atoms with Crippen LogP contribution in [0, 0.1) is 0 Å². The first-order chi connectivity index (χ1) is 6.36. The summed E-state index contributed by atoms with van der Waals surface area (Å²) in [5.74, 6) is 0. The molecule has 0 spiro atoms. The van der Waals surface area contributed by atoms with E-state index in [1.807, 2.05) is 6.92 Å². The highest BCUT2D eigenvalue weighted by atomic mass is 16.3. The highest BCUT2D eigenvalue weighted by Gasteiger charge is 2.19. The Balaban J connectivity index is 4.09. The van der Waals surface area contributed by atoms with Gasteiger partial charge in [0.15, 0.2) is 0 Å². The third-order valence-corrected chi connectivity index (χ3v) is 2.70. The second kappa shape index (κ2) is 6.41. The molecule has 0 aromatic carbocycles. The van der Waals surface area contributed by atoms with Crippen LogP contribution in [0.25, 0.3) is 0 Å². The number of rotatable bonds is 6. The Morgan fingerprint density at radius 1 is 0.857 bits per heavy atom. The lowest BCUT2D eigenvalue weighted by Gasteiger charge is -2.36. The van der Waals surface area contributed by atoms with Crippen molar-refractivity contribution in [1.29, 1.82) is 0 Å². The molecule has 0 saturated heterocycles. The van der Waals surface area contributed by atoms with E-state index in [0.717, 1.165) is 12.8 Å². The summed E-state index contributed by atoms with van der Waals surface area (Å²) in [6, 6.07) is 1.72. The fourth-order valence-electron chi connectivity index (χ4n) is 2.25. The number of hydrogen-bond acceptors (Lipinski definition) is 2. The third kappa shape index (κ3) is 4.97. The lowest BCUT2D eigenvalue weighted by molar-refractivity contribution is 0.0990. The van der Waals surface area contributed by atoms with E-state index in [-0.39, 0.29) is 6.10 Å². The second-order valence-corrected chi connectivity index (χ2v) is 4.91. The molecule has 0 aromatic heterocycles. The van der Waals surface area contributed by atoms with Gasteiger partial charge in [-0.15, -0.1) is 0 Å². The lowest BCUT2D eigenvalue weighted by Crippen LogP contribution is -2.43. The molecule has 2 nitrogen and oxygen atoms in total. The van der Waals surface area contributed by atoms with Crippen molar-refractivity contribution in [3.8, 4) is 0 Å². The summed E-state index contributed by atoms with van der Waals surface area (Å²) in [5.41, 5.74) is 0. The molecule has 0 bridgehead atoms. The standard InChI is InChI=1S/C12H27NO/c1-9(2)13(10(3)4)11(5)7-8-12(6)14/h9-12,14H,7-8H2,1-6H3. The van der Waals surface area contributed by atoms with Crippen molar-refractivity contribution in [3.63, 3.8) is 0 Å². The summed E-state index contributed by atoms with van der Waals surface area (Å²) < 4.78 is 0. The summed E-state index contributed by atoms with van der Waals surface area (Å²) in [6.07, 6.45) is 1.81. The van der Waals surface area contributed by atoms with E-state index in [1.165, 1.54) is 0 Å². The van der Waals surface area contributed by atoms with Crippen LogP contribution >= 0.6 is 0 Å². The predicted molar refractivity (Wildman–Crippen MR) is 62.5 cm³/mol. The topological polar surface area (TPSA) is 23.5 Å². The Kier molecular flexibility index (Phi) is 6.38. The van der Waals surface area contributed by atoms with Crippen LogP contribution in [0.4, 0.5) is 0 Å². The highest BCUT2D eigenvalue weighted by molar-refractivity contribution is 4.74. The first-order valence-electron chi connectivity index (χ1n) is 5.81. The van der Waals surface area contributed by atoms with E-state index < -0.39 is 0 Å². The Morgan fingerprint density at radius 3 is 1.57 bits per heavy atom. The molecule has 0 aliphatic rings. The average molecular weight is 201 g/mol. The van der Waals surface area contributed by atoms with Crippen LogP contribution in [0.3, 0.4) is 0 Å². The quantitative estimate of drug-likeness (QED) is 0.714. The van der Waals surface area contributed by atoms with Gasteiger partial charge in [0, 0.05) is 18.1 Å². The zero-order valence-electron chi connectivity index (χ0n) is 10.6. The molecule has 2 heteroatoms. The van der Waals surface area contributed by atoms with Crippen molar-refractivity contribution in [1.82, 2.24) is 4.90 Å². The fraction of sp³-hybridized carbons (Fsp3) is 1.00. The Bertz CT molecular complexity index is 135. The molecule has 0 aliphatic carbocycles. The van der Waals surface area contributed by atoms with Crippen molar-refractivity contribution in [3.05, 3.63) is 0 Å². The molecule has 0 fully saturated rings. The number of nitrogens with zero attached hydrogens (tertiary/aromatic N) is 1. The van der Waals surface area contributed by atoms with Gasteiger partial charge in [-0.05, 0) is 54.4 Å². The summed E-state index contributed by atoms with van der Waals surface area (Å²) in [4.78, 5) is 2.50. The van der Waals surface area contributed by atoms with E-state index in [1.54, 1.807) is 0 Å². The minimum Gasteiger partial charge on any atom is -0.393 e. The van der Waals surface area contributed by atoms with E-state index in [4.69, 9.17) is 0 Å². The number of hydrogen-bond donors (Lipinski definition) is 1. The molecule has 0 aromatic rings. The predicted octanol–water partition coefficient (Wildman–Crippen LogP) is 2.65. The molecule has 0 aliphatic heterocycles. The maximum atomic E-state index is 9.24. The van der Waals surface area contributed by atoms with E-state index >= 15 is 0 Å². The number of aliphatic hydroxyl groups is 1. The van der Waals surface area contributed by atoms with Crippen LogP contribution < -0.4 is 0 Å². The van der Waals surface area contributed by atoms with Crippen LogP contribution in [0.5, 0.6) is 0 Å². The van der Waals surface area contributed by atoms with Gasteiger partial charge < -0.3 is 5.11 Å². The Morgan fingerprint density at radius 2 is 1.29 bits per heavy atom. The van der Waals surface area contributed by atoms with Crippen molar-refractivity contribution in [2.24, 2.45) is 0 Å². The summed E-state index contributed by atoms with van der Waals surface area (Å²) >= 11 is 0. The fourth-order valence-corrected chi connectivity index (χ4v) is 2.25. The van der Waals surface area contributed by atoms with Crippen LogP contribution in [0.15, 0.2) is 0 Å². The summed E-state index contributed by atoms with van der Waals surface area (Å²) in [6.45, 7) is 13.1. The molecule has 0 saturated carbocycles. The van der Waals surface area contributed by atoms with Gasteiger partial charge in [-0.3, -0.25) is 4.90 Å². The van der Waals surface area contributed by atoms with Gasteiger partial charge in [0.05, 0.1) is 6.10 Å². The van der Waals surface area contributed by atoms with Crippen molar-refractivity contribution >= 4 is 0 Å². The largest absolute Gasteiger partial charge is 0.393 e. The molecular weight excluding hydrogens is 174 g/mol. The molecule has 0 radical (unpaired) electrons.